The molecule has 0 spiro atoms. The van der Waals surface area contributed by atoms with E-state index in [2.05, 4.69) is 65.8 Å². The maximum absolute atomic E-state index is 5.45. The van der Waals surface area contributed by atoms with Crippen LogP contribution in [0.3, 0.4) is 0 Å². The van der Waals surface area contributed by atoms with Crippen LogP contribution in [-0.4, -0.2) is 14.2 Å². The fourth-order valence-corrected chi connectivity index (χ4v) is 3.01. The van der Waals surface area contributed by atoms with Crippen molar-refractivity contribution in [3.05, 3.63) is 47.5 Å². The van der Waals surface area contributed by atoms with Crippen molar-refractivity contribution in [1.29, 1.82) is 0 Å². The number of benzene rings is 2. The molecule has 0 heterocycles. The van der Waals surface area contributed by atoms with Crippen molar-refractivity contribution in [1.82, 2.24) is 0 Å². The molecule has 2 nitrogen and oxygen atoms in total. The summed E-state index contributed by atoms with van der Waals surface area (Å²) in [4.78, 5) is 0. The third-order valence-corrected chi connectivity index (χ3v) is 4.36. The number of ether oxygens (including phenoxy) is 2. The molecule has 0 bridgehead atoms. The predicted molar refractivity (Wildman–Crippen MR) is 102 cm³/mol. The molecule has 130 valence electrons. The highest BCUT2D eigenvalue weighted by molar-refractivity contribution is 5.74. The Morgan fingerprint density at radius 1 is 0.583 bits per heavy atom. The zero-order valence-electron chi connectivity index (χ0n) is 16.3. The van der Waals surface area contributed by atoms with E-state index in [1.807, 2.05) is 12.1 Å². The summed E-state index contributed by atoms with van der Waals surface area (Å²) >= 11 is 0. The van der Waals surface area contributed by atoms with Crippen LogP contribution in [0.2, 0.25) is 0 Å². The highest BCUT2D eigenvalue weighted by Crippen LogP contribution is 2.41. The molecule has 0 radical (unpaired) electrons. The molecule has 0 N–H and O–H groups in total. The Balaban J connectivity index is 2.77. The van der Waals surface area contributed by atoms with Gasteiger partial charge in [0.2, 0.25) is 0 Å². The molecular formula is C22H30O2. The van der Waals surface area contributed by atoms with E-state index in [9.17, 15) is 0 Å². The summed E-state index contributed by atoms with van der Waals surface area (Å²) < 4.78 is 10.9. The Morgan fingerprint density at radius 2 is 0.917 bits per heavy atom. The molecule has 2 aromatic carbocycles. The number of hydrogen-bond acceptors (Lipinski definition) is 2. The van der Waals surface area contributed by atoms with Crippen molar-refractivity contribution in [2.24, 2.45) is 0 Å². The van der Waals surface area contributed by atoms with Crippen LogP contribution < -0.4 is 9.47 Å². The molecule has 2 rings (SSSR count). The average molecular weight is 326 g/mol. The van der Waals surface area contributed by atoms with Crippen molar-refractivity contribution in [3.8, 4) is 22.6 Å². The smallest absolute Gasteiger partial charge is 0.119 e. The largest absolute Gasteiger partial charge is 0.497 e. The maximum atomic E-state index is 5.45. The van der Waals surface area contributed by atoms with E-state index in [0.717, 1.165) is 11.5 Å². The van der Waals surface area contributed by atoms with Crippen molar-refractivity contribution >= 4 is 0 Å². The standard InChI is InChI=1S/C22H30O2/c1-21(2,3)19-13-15(23-7)9-11-17(19)18-12-10-16(24-8)14-20(18)22(4,5)6/h9-14H,1-8H3. The summed E-state index contributed by atoms with van der Waals surface area (Å²) in [5.74, 6) is 1.80. The zero-order chi connectivity index (χ0) is 18.1. The molecule has 0 saturated heterocycles. The van der Waals surface area contributed by atoms with Gasteiger partial charge in [-0.2, -0.15) is 0 Å². The predicted octanol–water partition coefficient (Wildman–Crippen LogP) is 5.97. The molecule has 24 heavy (non-hydrogen) atoms. The summed E-state index contributed by atoms with van der Waals surface area (Å²) in [5.41, 5.74) is 5.15. The summed E-state index contributed by atoms with van der Waals surface area (Å²) in [6.07, 6.45) is 0. The van der Waals surface area contributed by atoms with Crippen LogP contribution in [0.15, 0.2) is 36.4 Å². The van der Waals surface area contributed by atoms with E-state index in [1.165, 1.54) is 22.3 Å². The van der Waals surface area contributed by atoms with Gasteiger partial charge in [-0.3, -0.25) is 0 Å². The second-order valence-electron chi connectivity index (χ2n) is 8.32. The van der Waals surface area contributed by atoms with Gasteiger partial charge in [0.15, 0.2) is 0 Å². The van der Waals surface area contributed by atoms with Crippen LogP contribution in [0.4, 0.5) is 0 Å². The molecule has 0 fully saturated rings. The number of rotatable bonds is 3. The Labute approximate surface area is 146 Å². The number of methoxy groups -OCH3 is 2. The third kappa shape index (κ3) is 3.75. The van der Waals surface area contributed by atoms with Crippen LogP contribution in [-0.2, 0) is 10.8 Å². The zero-order valence-corrected chi connectivity index (χ0v) is 16.3. The molecule has 0 aliphatic carbocycles. The van der Waals surface area contributed by atoms with Crippen LogP contribution >= 0.6 is 0 Å². The minimum atomic E-state index is 0.0267. The van der Waals surface area contributed by atoms with Gasteiger partial charge in [-0.25, -0.2) is 0 Å². The van der Waals surface area contributed by atoms with Gasteiger partial charge < -0.3 is 9.47 Å². The van der Waals surface area contributed by atoms with Crippen LogP contribution in [0.25, 0.3) is 11.1 Å². The molecule has 0 unspecified atom stereocenters. The highest BCUT2D eigenvalue weighted by atomic mass is 16.5. The van der Waals surface area contributed by atoms with Gasteiger partial charge in [0.1, 0.15) is 11.5 Å². The first-order chi connectivity index (χ1) is 11.1. The summed E-state index contributed by atoms with van der Waals surface area (Å²) in [6.45, 7) is 13.4. The van der Waals surface area contributed by atoms with Gasteiger partial charge in [-0.1, -0.05) is 53.7 Å². The van der Waals surface area contributed by atoms with E-state index in [1.54, 1.807) is 14.2 Å². The molecule has 0 saturated carbocycles. The van der Waals surface area contributed by atoms with Gasteiger partial charge in [0.05, 0.1) is 14.2 Å². The van der Waals surface area contributed by atoms with E-state index in [4.69, 9.17) is 9.47 Å². The van der Waals surface area contributed by atoms with Crippen LogP contribution in [0.5, 0.6) is 11.5 Å². The fraction of sp³-hybridized carbons (Fsp3) is 0.455. The molecule has 2 aromatic rings. The average Bonchev–Trinajstić information content (AvgIpc) is 2.52. The van der Waals surface area contributed by atoms with Crippen molar-refractivity contribution < 1.29 is 9.47 Å². The van der Waals surface area contributed by atoms with Gasteiger partial charge in [0, 0.05) is 0 Å². The number of hydrogen-bond donors (Lipinski definition) is 0. The third-order valence-electron chi connectivity index (χ3n) is 4.36. The quantitative estimate of drug-likeness (QED) is 0.692. The van der Waals surface area contributed by atoms with Crippen molar-refractivity contribution in [3.63, 3.8) is 0 Å². The van der Waals surface area contributed by atoms with Gasteiger partial charge >= 0.3 is 0 Å². The van der Waals surface area contributed by atoms with Crippen LogP contribution in [0.1, 0.15) is 52.7 Å². The normalized spacial score (nSPS) is 12.2. The second kappa shape index (κ2) is 6.51. The van der Waals surface area contributed by atoms with E-state index in [0.29, 0.717) is 0 Å². The first-order valence-electron chi connectivity index (χ1n) is 8.45. The minimum Gasteiger partial charge on any atom is -0.497 e. The first kappa shape index (κ1) is 18.4. The van der Waals surface area contributed by atoms with E-state index >= 15 is 0 Å². The minimum absolute atomic E-state index is 0.0267. The van der Waals surface area contributed by atoms with Gasteiger partial charge in [-0.15, -0.1) is 0 Å². The molecule has 2 heteroatoms. The van der Waals surface area contributed by atoms with Crippen LogP contribution in [0, 0.1) is 0 Å². The first-order valence-corrected chi connectivity index (χ1v) is 8.45. The highest BCUT2D eigenvalue weighted by Gasteiger charge is 2.25. The molecule has 0 atom stereocenters. The second-order valence-corrected chi connectivity index (χ2v) is 8.32. The maximum Gasteiger partial charge on any atom is 0.119 e. The SMILES string of the molecule is COc1ccc(-c2ccc(OC)cc2C(C)(C)C)c(C(C)(C)C)c1. The monoisotopic (exact) mass is 326 g/mol. The summed E-state index contributed by atoms with van der Waals surface area (Å²) in [7, 11) is 3.44. The lowest BCUT2D eigenvalue weighted by Gasteiger charge is -2.28. The van der Waals surface area contributed by atoms with E-state index in [-0.39, 0.29) is 10.8 Å². The summed E-state index contributed by atoms with van der Waals surface area (Å²) in [6, 6.07) is 12.8. The Morgan fingerprint density at radius 3 is 1.17 bits per heavy atom. The molecule has 0 aliphatic rings. The Bertz CT molecular complexity index is 652. The Kier molecular flexibility index (Phi) is 4.98. The molecule has 0 aromatic heterocycles. The Hall–Kier alpha value is -1.96. The van der Waals surface area contributed by atoms with Crippen molar-refractivity contribution in [2.45, 2.75) is 52.4 Å². The molecular weight excluding hydrogens is 296 g/mol. The lowest BCUT2D eigenvalue weighted by atomic mass is 9.77. The van der Waals surface area contributed by atoms with Gasteiger partial charge in [0.25, 0.3) is 0 Å². The fourth-order valence-electron chi connectivity index (χ4n) is 3.01. The van der Waals surface area contributed by atoms with Crippen molar-refractivity contribution in [2.75, 3.05) is 14.2 Å². The van der Waals surface area contributed by atoms with Gasteiger partial charge in [-0.05, 0) is 57.3 Å². The lowest BCUT2D eigenvalue weighted by molar-refractivity contribution is 0.412. The summed E-state index contributed by atoms with van der Waals surface area (Å²) in [5, 5.41) is 0. The molecule has 0 aliphatic heterocycles. The topological polar surface area (TPSA) is 18.5 Å². The van der Waals surface area contributed by atoms with E-state index < -0.39 is 0 Å². The lowest BCUT2D eigenvalue weighted by Crippen LogP contribution is -2.16. The molecule has 0 amide bonds.